The van der Waals surface area contributed by atoms with Crippen molar-refractivity contribution in [2.75, 3.05) is 5.43 Å². The van der Waals surface area contributed by atoms with Crippen LogP contribution in [0.25, 0.3) is 0 Å². The van der Waals surface area contributed by atoms with Gasteiger partial charge in [0, 0.05) is 0 Å². The van der Waals surface area contributed by atoms with E-state index in [0.29, 0.717) is 5.69 Å². The Hall–Kier alpha value is -0.890. The number of nitrogens with one attached hydrogen (secondary N) is 1. The van der Waals surface area contributed by atoms with Gasteiger partial charge in [0.05, 0.1) is 11.9 Å². The summed E-state index contributed by atoms with van der Waals surface area (Å²) in [6.07, 6.45) is 1.28. The molecule has 0 fully saturated rings. The predicted molar refractivity (Wildman–Crippen MR) is 50.7 cm³/mol. The quantitative estimate of drug-likeness (QED) is 0.461. The maximum Gasteiger partial charge on any atom is 0.255 e. The molecule has 74 valence electrons. The number of anilines is 1. The molecule has 0 amide bonds. The summed E-state index contributed by atoms with van der Waals surface area (Å²) >= 11 is 0. The number of hydrazine groups is 1. The highest BCUT2D eigenvalue weighted by atomic mass is 35.5. The minimum atomic E-state index is -3.71. The predicted octanol–water partition coefficient (Wildman–Crippen LogP) is -0.564. The summed E-state index contributed by atoms with van der Waals surface area (Å²) in [5.74, 6) is 5.04. The SMILES string of the molecule is Cl.NNc1ccc(S(N)(=O)=O)nc1. The largest absolute Gasteiger partial charge is 0.323 e. The number of sulfonamides is 1. The van der Waals surface area contributed by atoms with Gasteiger partial charge in [0.1, 0.15) is 0 Å². The molecule has 0 aliphatic carbocycles. The molecule has 0 aliphatic rings. The maximum atomic E-state index is 10.7. The molecule has 1 heterocycles. The monoisotopic (exact) mass is 224 g/mol. The van der Waals surface area contributed by atoms with E-state index in [2.05, 4.69) is 10.4 Å². The smallest absolute Gasteiger partial charge is 0.255 e. The Morgan fingerprint density at radius 1 is 1.38 bits per heavy atom. The molecule has 0 bridgehead atoms. The Morgan fingerprint density at radius 2 is 2.00 bits per heavy atom. The summed E-state index contributed by atoms with van der Waals surface area (Å²) in [5, 5.41) is 4.63. The Kier molecular flexibility index (Phi) is 4.08. The number of aromatic nitrogens is 1. The van der Waals surface area contributed by atoms with Gasteiger partial charge in [-0.25, -0.2) is 18.5 Å². The lowest BCUT2D eigenvalue weighted by Gasteiger charge is -1.99. The molecule has 13 heavy (non-hydrogen) atoms. The Bertz CT molecular complexity index is 363. The first-order chi connectivity index (χ1) is 5.54. The highest BCUT2D eigenvalue weighted by molar-refractivity contribution is 7.89. The molecule has 0 saturated heterocycles. The first kappa shape index (κ1) is 12.1. The van der Waals surface area contributed by atoms with Gasteiger partial charge >= 0.3 is 0 Å². The van der Waals surface area contributed by atoms with E-state index in [4.69, 9.17) is 11.0 Å². The van der Waals surface area contributed by atoms with Gasteiger partial charge in [-0.1, -0.05) is 0 Å². The summed E-state index contributed by atoms with van der Waals surface area (Å²) in [6.45, 7) is 0. The fraction of sp³-hybridized carbons (Fsp3) is 0. The normalized spacial score (nSPS) is 10.3. The molecule has 0 aromatic carbocycles. The number of halogens is 1. The number of rotatable bonds is 2. The molecule has 1 aromatic heterocycles. The van der Waals surface area contributed by atoms with Crippen LogP contribution >= 0.6 is 12.4 Å². The van der Waals surface area contributed by atoms with Crippen LogP contribution in [0.1, 0.15) is 0 Å². The molecule has 0 radical (unpaired) electrons. The highest BCUT2D eigenvalue weighted by Gasteiger charge is 2.07. The zero-order valence-corrected chi connectivity index (χ0v) is 8.10. The molecule has 5 N–H and O–H groups in total. The van der Waals surface area contributed by atoms with Gasteiger partial charge < -0.3 is 5.43 Å². The van der Waals surface area contributed by atoms with Crippen LogP contribution in [0.3, 0.4) is 0 Å². The van der Waals surface area contributed by atoms with Crippen LogP contribution in [0.4, 0.5) is 5.69 Å². The lowest BCUT2D eigenvalue weighted by Crippen LogP contribution is -2.14. The molecule has 0 spiro atoms. The molecule has 8 heteroatoms. The van der Waals surface area contributed by atoms with Crippen LogP contribution in [0.5, 0.6) is 0 Å². The fourth-order valence-corrected chi connectivity index (χ4v) is 1.09. The first-order valence-corrected chi connectivity index (χ1v) is 4.54. The number of hydrogen-bond acceptors (Lipinski definition) is 5. The van der Waals surface area contributed by atoms with Crippen molar-refractivity contribution in [3.05, 3.63) is 18.3 Å². The third-order valence-corrected chi connectivity index (χ3v) is 2.02. The van der Waals surface area contributed by atoms with Crippen LogP contribution in [-0.2, 0) is 10.0 Å². The van der Waals surface area contributed by atoms with Crippen molar-refractivity contribution in [1.29, 1.82) is 0 Å². The summed E-state index contributed by atoms with van der Waals surface area (Å²) in [5.41, 5.74) is 2.82. The summed E-state index contributed by atoms with van der Waals surface area (Å²) in [6, 6.07) is 2.73. The zero-order chi connectivity index (χ0) is 9.19. The second-order valence-corrected chi connectivity index (χ2v) is 3.58. The minimum absolute atomic E-state index is 0. The Balaban J connectivity index is 0.00000144. The van der Waals surface area contributed by atoms with Gasteiger partial charge in [0.15, 0.2) is 5.03 Å². The van der Waals surface area contributed by atoms with Crippen molar-refractivity contribution >= 4 is 28.1 Å². The molecule has 1 aromatic rings. The topological polar surface area (TPSA) is 111 Å². The van der Waals surface area contributed by atoms with E-state index in [0.717, 1.165) is 0 Å². The number of pyridine rings is 1. The van der Waals surface area contributed by atoms with Gasteiger partial charge in [0.2, 0.25) is 0 Å². The maximum absolute atomic E-state index is 10.7. The molecule has 0 atom stereocenters. The van der Waals surface area contributed by atoms with Gasteiger partial charge in [-0.15, -0.1) is 12.4 Å². The lowest BCUT2D eigenvalue weighted by molar-refractivity contribution is 0.594. The van der Waals surface area contributed by atoms with E-state index in [-0.39, 0.29) is 17.4 Å². The van der Waals surface area contributed by atoms with Gasteiger partial charge in [-0.05, 0) is 12.1 Å². The molecule has 0 aliphatic heterocycles. The number of nitrogens with two attached hydrogens (primary N) is 2. The zero-order valence-electron chi connectivity index (χ0n) is 6.47. The van der Waals surface area contributed by atoms with E-state index >= 15 is 0 Å². The van der Waals surface area contributed by atoms with Gasteiger partial charge in [-0.3, -0.25) is 5.84 Å². The van der Waals surface area contributed by atoms with Crippen LogP contribution in [-0.4, -0.2) is 13.4 Å². The molecule has 1 rings (SSSR count). The van der Waals surface area contributed by atoms with E-state index < -0.39 is 10.0 Å². The average molecular weight is 225 g/mol. The third kappa shape index (κ3) is 3.15. The van der Waals surface area contributed by atoms with E-state index in [9.17, 15) is 8.42 Å². The van der Waals surface area contributed by atoms with E-state index in [1.165, 1.54) is 18.3 Å². The molecule has 0 unspecified atom stereocenters. The summed E-state index contributed by atoms with van der Waals surface area (Å²) < 4.78 is 21.4. The molecule has 0 saturated carbocycles. The number of hydrogen-bond donors (Lipinski definition) is 3. The molecule has 6 nitrogen and oxygen atoms in total. The van der Waals surface area contributed by atoms with Gasteiger partial charge in [-0.2, -0.15) is 0 Å². The number of nitrogens with zero attached hydrogens (tertiary/aromatic N) is 1. The van der Waals surface area contributed by atoms with Crippen LogP contribution in [0.15, 0.2) is 23.4 Å². The minimum Gasteiger partial charge on any atom is -0.323 e. The second kappa shape index (κ2) is 4.38. The Morgan fingerprint density at radius 3 is 2.31 bits per heavy atom. The summed E-state index contributed by atoms with van der Waals surface area (Å²) in [4.78, 5) is 3.57. The molecular formula is C5H9ClN4O2S. The van der Waals surface area contributed by atoms with Crippen molar-refractivity contribution in [3.8, 4) is 0 Å². The number of nitrogen functional groups attached to an aromatic ring is 1. The average Bonchev–Trinajstić information content (AvgIpc) is 2.03. The van der Waals surface area contributed by atoms with Crippen LogP contribution in [0.2, 0.25) is 0 Å². The number of primary sulfonamides is 1. The highest BCUT2D eigenvalue weighted by Crippen LogP contribution is 2.06. The van der Waals surface area contributed by atoms with Crippen molar-refractivity contribution in [2.24, 2.45) is 11.0 Å². The van der Waals surface area contributed by atoms with Crippen molar-refractivity contribution < 1.29 is 8.42 Å². The lowest BCUT2D eigenvalue weighted by atomic mass is 10.4. The second-order valence-electron chi connectivity index (χ2n) is 2.07. The van der Waals surface area contributed by atoms with E-state index in [1.54, 1.807) is 0 Å². The van der Waals surface area contributed by atoms with Crippen molar-refractivity contribution in [1.82, 2.24) is 4.98 Å². The van der Waals surface area contributed by atoms with Gasteiger partial charge in [0.25, 0.3) is 10.0 Å². The van der Waals surface area contributed by atoms with Crippen molar-refractivity contribution in [2.45, 2.75) is 5.03 Å². The van der Waals surface area contributed by atoms with Crippen LogP contribution in [0, 0.1) is 0 Å². The van der Waals surface area contributed by atoms with E-state index in [1.807, 2.05) is 0 Å². The molecular weight excluding hydrogens is 216 g/mol. The third-order valence-electron chi connectivity index (χ3n) is 1.19. The Labute approximate surface area is 81.8 Å². The standard InChI is InChI=1S/C5H8N4O2S.ClH/c6-9-4-1-2-5(8-3-4)12(7,10)11;/h1-3,9H,6H2,(H2,7,10,11);1H. The first-order valence-electron chi connectivity index (χ1n) is 2.99. The fourth-order valence-electron chi connectivity index (χ4n) is 0.634. The van der Waals surface area contributed by atoms with Crippen molar-refractivity contribution in [3.63, 3.8) is 0 Å². The van der Waals surface area contributed by atoms with Crippen LogP contribution < -0.4 is 16.4 Å². The summed E-state index contributed by atoms with van der Waals surface area (Å²) in [7, 11) is -3.71.